The van der Waals surface area contributed by atoms with Crippen LogP contribution >= 0.6 is 0 Å². The minimum atomic E-state index is -0.474. The summed E-state index contributed by atoms with van der Waals surface area (Å²) in [6.07, 6.45) is 0.691. The Bertz CT molecular complexity index is 846. The fourth-order valence-electron chi connectivity index (χ4n) is 3.02. The van der Waals surface area contributed by atoms with Gasteiger partial charge in [0.1, 0.15) is 5.69 Å². The Morgan fingerprint density at radius 2 is 1.85 bits per heavy atom. The minimum Gasteiger partial charge on any atom is -0.450 e. The largest absolute Gasteiger partial charge is 0.450 e. The number of nitrogens with one attached hydrogen (secondary N) is 2. The summed E-state index contributed by atoms with van der Waals surface area (Å²) < 4.78 is 4.96. The molecule has 3 amide bonds. The molecule has 2 N–H and O–H groups in total. The molecule has 0 radical (unpaired) electrons. The smallest absolute Gasteiger partial charge is 0.409 e. The van der Waals surface area contributed by atoms with E-state index in [1.807, 2.05) is 30.3 Å². The van der Waals surface area contributed by atoms with Gasteiger partial charge in [0.15, 0.2) is 0 Å². The highest BCUT2D eigenvalue weighted by Gasteiger charge is 2.28. The van der Waals surface area contributed by atoms with Gasteiger partial charge in [-0.3, -0.25) is 20.4 Å². The molecule has 8 heteroatoms. The zero-order chi connectivity index (χ0) is 19.2. The van der Waals surface area contributed by atoms with E-state index in [0.29, 0.717) is 38.1 Å². The molecule has 3 rings (SSSR count). The van der Waals surface area contributed by atoms with Crippen molar-refractivity contribution in [3.63, 3.8) is 0 Å². The number of hydrazine groups is 1. The molecule has 1 aliphatic heterocycles. The van der Waals surface area contributed by atoms with Gasteiger partial charge in [0, 0.05) is 24.4 Å². The molecule has 142 valence electrons. The average molecular weight is 370 g/mol. The summed E-state index contributed by atoms with van der Waals surface area (Å²) in [7, 11) is 0. The first kappa shape index (κ1) is 18.6. The summed E-state index contributed by atoms with van der Waals surface area (Å²) in [4.78, 5) is 42.1. The average Bonchev–Trinajstić information content (AvgIpc) is 2.71. The maximum absolute atomic E-state index is 12.3. The first-order chi connectivity index (χ1) is 13.1. The van der Waals surface area contributed by atoms with Crippen LogP contribution in [0.15, 0.2) is 36.4 Å². The van der Waals surface area contributed by atoms with Crippen LogP contribution in [0.5, 0.6) is 0 Å². The lowest BCUT2D eigenvalue weighted by molar-refractivity contribution is -0.127. The third-order valence-electron chi connectivity index (χ3n) is 4.52. The van der Waals surface area contributed by atoms with Crippen molar-refractivity contribution in [2.24, 2.45) is 5.92 Å². The summed E-state index contributed by atoms with van der Waals surface area (Å²) in [6, 6.07) is 10.9. The summed E-state index contributed by atoms with van der Waals surface area (Å²) in [5.74, 6) is -1.01. The highest BCUT2D eigenvalue weighted by molar-refractivity contribution is 5.96. The van der Waals surface area contributed by atoms with Crippen LogP contribution in [0, 0.1) is 5.92 Å². The van der Waals surface area contributed by atoms with E-state index in [2.05, 4.69) is 15.8 Å². The normalized spacial score (nSPS) is 14.6. The molecule has 1 saturated heterocycles. The molecule has 1 aromatic carbocycles. The zero-order valence-electron chi connectivity index (χ0n) is 15.1. The molecule has 2 heterocycles. The Kier molecular flexibility index (Phi) is 5.85. The SMILES string of the molecule is CCOC(=O)N1CCC(C(=O)NNC(=O)c2ccc3ccccc3n2)CC1. The van der Waals surface area contributed by atoms with Gasteiger partial charge < -0.3 is 9.64 Å². The van der Waals surface area contributed by atoms with Gasteiger partial charge in [-0.15, -0.1) is 0 Å². The maximum atomic E-state index is 12.3. The van der Waals surface area contributed by atoms with E-state index < -0.39 is 5.91 Å². The van der Waals surface area contributed by atoms with Gasteiger partial charge in [-0.25, -0.2) is 9.78 Å². The Balaban J connectivity index is 1.50. The zero-order valence-corrected chi connectivity index (χ0v) is 15.1. The van der Waals surface area contributed by atoms with Crippen LogP contribution in [0.25, 0.3) is 10.9 Å². The first-order valence-electron chi connectivity index (χ1n) is 8.96. The molecule has 0 spiro atoms. The molecule has 0 atom stereocenters. The lowest BCUT2D eigenvalue weighted by atomic mass is 9.96. The Hall–Kier alpha value is -3.16. The molecule has 1 aromatic heterocycles. The van der Waals surface area contributed by atoms with Crippen molar-refractivity contribution in [1.29, 1.82) is 0 Å². The third-order valence-corrected chi connectivity index (χ3v) is 4.52. The molecule has 0 aliphatic carbocycles. The minimum absolute atomic E-state index is 0.228. The summed E-state index contributed by atoms with van der Waals surface area (Å²) >= 11 is 0. The fraction of sp³-hybridized carbons (Fsp3) is 0.368. The monoisotopic (exact) mass is 370 g/mol. The van der Waals surface area contributed by atoms with Crippen molar-refractivity contribution < 1.29 is 19.1 Å². The number of ether oxygens (including phenoxy) is 1. The van der Waals surface area contributed by atoms with Gasteiger partial charge in [0.25, 0.3) is 5.91 Å². The summed E-state index contributed by atoms with van der Waals surface area (Å²) in [5, 5.41) is 0.937. The standard InChI is InChI=1S/C19H22N4O4/c1-2-27-19(26)23-11-9-14(10-12-23)17(24)21-22-18(25)16-8-7-13-5-3-4-6-15(13)20-16/h3-8,14H,2,9-12H2,1H3,(H,21,24)(H,22,25). The highest BCUT2D eigenvalue weighted by Crippen LogP contribution is 2.18. The van der Waals surface area contributed by atoms with Crippen molar-refractivity contribution in [3.8, 4) is 0 Å². The predicted molar refractivity (Wildman–Crippen MR) is 98.7 cm³/mol. The Morgan fingerprint density at radius 1 is 1.11 bits per heavy atom. The van der Waals surface area contributed by atoms with Crippen molar-refractivity contribution in [1.82, 2.24) is 20.7 Å². The van der Waals surface area contributed by atoms with Crippen LogP contribution in [-0.2, 0) is 9.53 Å². The molecule has 2 aromatic rings. The van der Waals surface area contributed by atoms with E-state index in [0.717, 1.165) is 5.39 Å². The molecular formula is C19H22N4O4. The molecule has 0 saturated carbocycles. The second-order valence-corrected chi connectivity index (χ2v) is 6.29. The lowest BCUT2D eigenvalue weighted by Gasteiger charge is -2.30. The third kappa shape index (κ3) is 4.52. The molecule has 8 nitrogen and oxygen atoms in total. The quantitative estimate of drug-likeness (QED) is 0.803. The van der Waals surface area contributed by atoms with Gasteiger partial charge in [0.2, 0.25) is 5.91 Å². The van der Waals surface area contributed by atoms with Gasteiger partial charge in [-0.1, -0.05) is 24.3 Å². The number of fused-ring (bicyclic) bond motifs is 1. The maximum Gasteiger partial charge on any atom is 0.409 e. The first-order valence-corrected chi connectivity index (χ1v) is 8.96. The van der Waals surface area contributed by atoms with Gasteiger partial charge in [-0.2, -0.15) is 0 Å². The molecule has 27 heavy (non-hydrogen) atoms. The second-order valence-electron chi connectivity index (χ2n) is 6.29. The van der Waals surface area contributed by atoms with Crippen LogP contribution in [-0.4, -0.2) is 47.5 Å². The highest BCUT2D eigenvalue weighted by atomic mass is 16.6. The number of carbonyl (C=O) groups is 3. The van der Waals surface area contributed by atoms with Gasteiger partial charge in [-0.05, 0) is 31.9 Å². The number of benzene rings is 1. The van der Waals surface area contributed by atoms with Gasteiger partial charge in [0.05, 0.1) is 12.1 Å². The van der Waals surface area contributed by atoms with Crippen LogP contribution < -0.4 is 10.9 Å². The van der Waals surface area contributed by atoms with Crippen molar-refractivity contribution in [3.05, 3.63) is 42.1 Å². The van der Waals surface area contributed by atoms with Crippen molar-refractivity contribution in [2.45, 2.75) is 19.8 Å². The molecular weight excluding hydrogens is 348 g/mol. The van der Waals surface area contributed by atoms with Crippen LogP contribution in [0.4, 0.5) is 4.79 Å². The molecule has 0 bridgehead atoms. The number of rotatable bonds is 3. The van der Waals surface area contributed by atoms with E-state index in [4.69, 9.17) is 4.74 Å². The summed E-state index contributed by atoms with van der Waals surface area (Å²) in [5.41, 5.74) is 5.80. The van der Waals surface area contributed by atoms with Crippen LogP contribution in [0.3, 0.4) is 0 Å². The number of carbonyl (C=O) groups excluding carboxylic acids is 3. The van der Waals surface area contributed by atoms with E-state index in [-0.39, 0.29) is 23.6 Å². The van der Waals surface area contributed by atoms with Crippen LogP contribution in [0.2, 0.25) is 0 Å². The number of hydrogen-bond acceptors (Lipinski definition) is 5. The number of aromatic nitrogens is 1. The van der Waals surface area contributed by atoms with E-state index >= 15 is 0 Å². The Labute approximate surface area is 156 Å². The molecule has 0 unspecified atom stereocenters. The van der Waals surface area contributed by atoms with E-state index in [1.54, 1.807) is 17.9 Å². The number of amides is 3. The van der Waals surface area contributed by atoms with E-state index in [9.17, 15) is 14.4 Å². The number of nitrogens with zero attached hydrogens (tertiary/aromatic N) is 2. The predicted octanol–water partition coefficient (Wildman–Crippen LogP) is 1.86. The number of likely N-dealkylation sites (tertiary alicyclic amines) is 1. The van der Waals surface area contributed by atoms with Crippen molar-refractivity contribution in [2.75, 3.05) is 19.7 Å². The van der Waals surface area contributed by atoms with E-state index in [1.165, 1.54) is 0 Å². The number of piperidine rings is 1. The molecule has 1 fully saturated rings. The number of para-hydroxylation sites is 1. The Morgan fingerprint density at radius 3 is 2.59 bits per heavy atom. The topological polar surface area (TPSA) is 101 Å². The summed E-state index contributed by atoms with van der Waals surface area (Å²) in [6.45, 7) is 2.99. The van der Waals surface area contributed by atoms with Crippen molar-refractivity contribution >= 4 is 28.8 Å². The van der Waals surface area contributed by atoms with Crippen LogP contribution in [0.1, 0.15) is 30.3 Å². The lowest BCUT2D eigenvalue weighted by Crippen LogP contribution is -2.48. The molecule has 1 aliphatic rings. The fourth-order valence-corrected chi connectivity index (χ4v) is 3.02. The number of pyridine rings is 1. The second kappa shape index (κ2) is 8.48. The van der Waals surface area contributed by atoms with Gasteiger partial charge >= 0.3 is 6.09 Å². The number of hydrogen-bond donors (Lipinski definition) is 2.